The van der Waals surface area contributed by atoms with Crippen molar-refractivity contribution in [3.63, 3.8) is 0 Å². The highest BCUT2D eigenvalue weighted by molar-refractivity contribution is 7.14. The number of nitrogens with one attached hydrogen (secondary N) is 1. The number of rotatable bonds is 4. The van der Waals surface area contributed by atoms with Gasteiger partial charge in [-0.25, -0.2) is 4.79 Å². The number of aromatic carboxylic acids is 1. The van der Waals surface area contributed by atoms with Crippen LogP contribution < -0.4 is 5.32 Å². The van der Waals surface area contributed by atoms with Crippen LogP contribution in [0.1, 0.15) is 26.3 Å². The highest BCUT2D eigenvalue weighted by Gasteiger charge is 2.17. The average Bonchev–Trinajstić information content (AvgIpc) is 2.86. The number of aryl methyl sites for hydroxylation is 1. The molecule has 0 bridgehead atoms. The standard InChI is InChI=1S/C13H10N2O5S/c1-7-6-8(15(19)20)2-3-9(7)11(16)14-12-10(13(17)18)4-5-21-12/h2-6H,1H3,(H,14,16)(H,17,18). The summed E-state index contributed by atoms with van der Waals surface area (Å²) in [6.07, 6.45) is 0. The summed E-state index contributed by atoms with van der Waals surface area (Å²) < 4.78 is 0. The van der Waals surface area contributed by atoms with Gasteiger partial charge >= 0.3 is 5.97 Å². The number of carbonyl (C=O) groups excluding carboxylic acids is 1. The van der Waals surface area contributed by atoms with Crippen molar-refractivity contribution in [3.05, 3.63) is 56.5 Å². The molecule has 7 nitrogen and oxygen atoms in total. The molecule has 21 heavy (non-hydrogen) atoms. The molecule has 0 radical (unpaired) electrons. The molecule has 0 unspecified atom stereocenters. The first-order chi connectivity index (χ1) is 9.90. The molecule has 0 aliphatic heterocycles. The van der Waals surface area contributed by atoms with Crippen LogP contribution in [-0.4, -0.2) is 21.9 Å². The van der Waals surface area contributed by atoms with Gasteiger partial charge in [-0.15, -0.1) is 11.3 Å². The minimum absolute atomic E-state index is 0.00733. The van der Waals surface area contributed by atoms with Crippen LogP contribution >= 0.6 is 11.3 Å². The van der Waals surface area contributed by atoms with Gasteiger partial charge in [0.2, 0.25) is 0 Å². The lowest BCUT2D eigenvalue weighted by atomic mass is 10.1. The van der Waals surface area contributed by atoms with Crippen LogP contribution in [0.15, 0.2) is 29.6 Å². The maximum Gasteiger partial charge on any atom is 0.338 e. The van der Waals surface area contributed by atoms with Gasteiger partial charge in [0.25, 0.3) is 11.6 Å². The van der Waals surface area contributed by atoms with Crippen molar-refractivity contribution in [1.29, 1.82) is 0 Å². The van der Waals surface area contributed by atoms with Gasteiger partial charge in [0.15, 0.2) is 0 Å². The van der Waals surface area contributed by atoms with Crippen molar-refractivity contribution < 1.29 is 19.6 Å². The fraction of sp³-hybridized carbons (Fsp3) is 0.0769. The van der Waals surface area contributed by atoms with E-state index < -0.39 is 16.8 Å². The number of nitro groups is 1. The number of carboxylic acids is 1. The minimum Gasteiger partial charge on any atom is -0.478 e. The maximum absolute atomic E-state index is 12.1. The van der Waals surface area contributed by atoms with Crippen molar-refractivity contribution >= 4 is 33.9 Å². The highest BCUT2D eigenvalue weighted by atomic mass is 32.1. The molecular formula is C13H10N2O5S. The fourth-order valence-corrected chi connectivity index (χ4v) is 2.54. The molecule has 2 rings (SSSR count). The van der Waals surface area contributed by atoms with Crippen LogP contribution in [0.5, 0.6) is 0 Å². The summed E-state index contributed by atoms with van der Waals surface area (Å²) in [5.41, 5.74) is 0.597. The Balaban J connectivity index is 2.27. The molecule has 0 atom stereocenters. The highest BCUT2D eigenvalue weighted by Crippen LogP contribution is 2.25. The number of nitro benzene ring substituents is 1. The lowest BCUT2D eigenvalue weighted by molar-refractivity contribution is -0.384. The molecule has 108 valence electrons. The smallest absolute Gasteiger partial charge is 0.338 e. The van der Waals surface area contributed by atoms with Gasteiger partial charge in [0.05, 0.1) is 10.5 Å². The van der Waals surface area contributed by atoms with Crippen molar-refractivity contribution in [2.75, 3.05) is 5.32 Å². The van der Waals surface area contributed by atoms with Gasteiger partial charge in [0.1, 0.15) is 5.00 Å². The van der Waals surface area contributed by atoms with E-state index in [2.05, 4.69) is 5.32 Å². The number of hydrogen-bond acceptors (Lipinski definition) is 5. The summed E-state index contributed by atoms with van der Waals surface area (Å²) in [5.74, 6) is -1.64. The fourth-order valence-electron chi connectivity index (χ4n) is 1.76. The molecule has 1 heterocycles. The second-order valence-corrected chi connectivity index (χ2v) is 5.10. The number of amides is 1. The first kappa shape index (κ1) is 14.7. The Morgan fingerprint density at radius 3 is 2.57 bits per heavy atom. The number of anilines is 1. The Morgan fingerprint density at radius 2 is 2.00 bits per heavy atom. The Labute approximate surface area is 123 Å². The quantitative estimate of drug-likeness (QED) is 0.666. The zero-order valence-electron chi connectivity index (χ0n) is 10.8. The average molecular weight is 306 g/mol. The lowest BCUT2D eigenvalue weighted by Crippen LogP contribution is -2.14. The normalized spacial score (nSPS) is 10.1. The first-order valence-corrected chi connectivity index (χ1v) is 6.65. The number of non-ortho nitro benzene ring substituents is 1. The molecular weight excluding hydrogens is 296 g/mol. The van der Waals surface area contributed by atoms with Gasteiger partial charge in [0, 0.05) is 17.7 Å². The third kappa shape index (κ3) is 3.06. The molecule has 8 heteroatoms. The lowest BCUT2D eigenvalue weighted by Gasteiger charge is -2.07. The first-order valence-electron chi connectivity index (χ1n) is 5.77. The largest absolute Gasteiger partial charge is 0.478 e. The number of hydrogen-bond donors (Lipinski definition) is 2. The Morgan fingerprint density at radius 1 is 1.29 bits per heavy atom. The second-order valence-electron chi connectivity index (χ2n) is 4.18. The van der Waals surface area contributed by atoms with E-state index in [0.717, 1.165) is 11.3 Å². The van der Waals surface area contributed by atoms with Crippen molar-refractivity contribution in [2.24, 2.45) is 0 Å². The third-order valence-electron chi connectivity index (χ3n) is 2.79. The molecule has 2 N–H and O–H groups in total. The predicted octanol–water partition coefficient (Wildman–Crippen LogP) is 2.92. The molecule has 0 aliphatic rings. The van der Waals surface area contributed by atoms with E-state index in [0.29, 0.717) is 5.56 Å². The minimum atomic E-state index is -1.13. The number of benzene rings is 1. The summed E-state index contributed by atoms with van der Waals surface area (Å²) in [4.78, 5) is 33.2. The van der Waals surface area contributed by atoms with Crippen LogP contribution in [0.3, 0.4) is 0 Å². The zero-order chi connectivity index (χ0) is 15.6. The molecule has 1 aromatic heterocycles. The topological polar surface area (TPSA) is 110 Å². The Hall–Kier alpha value is -2.74. The van der Waals surface area contributed by atoms with Gasteiger partial charge in [-0.1, -0.05) is 0 Å². The molecule has 0 spiro atoms. The van der Waals surface area contributed by atoms with Gasteiger partial charge < -0.3 is 10.4 Å². The molecule has 0 saturated heterocycles. The van der Waals surface area contributed by atoms with Gasteiger partial charge in [-0.2, -0.15) is 0 Å². The van der Waals surface area contributed by atoms with Crippen molar-refractivity contribution in [3.8, 4) is 0 Å². The van der Waals surface area contributed by atoms with Crippen molar-refractivity contribution in [1.82, 2.24) is 0 Å². The SMILES string of the molecule is Cc1cc([N+](=O)[O-])ccc1C(=O)Nc1sccc1C(=O)O. The van der Waals surface area contributed by atoms with Gasteiger partial charge in [-0.05, 0) is 30.0 Å². The summed E-state index contributed by atoms with van der Waals surface area (Å²) >= 11 is 1.09. The monoisotopic (exact) mass is 306 g/mol. The van der Waals surface area contributed by atoms with E-state index in [1.165, 1.54) is 24.3 Å². The number of thiophene rings is 1. The van der Waals surface area contributed by atoms with Crippen LogP contribution in [0.4, 0.5) is 10.7 Å². The van der Waals surface area contributed by atoms with Crippen molar-refractivity contribution in [2.45, 2.75) is 6.92 Å². The van der Waals surface area contributed by atoms with E-state index in [4.69, 9.17) is 5.11 Å². The second kappa shape index (κ2) is 5.71. The summed E-state index contributed by atoms with van der Waals surface area (Å²) in [7, 11) is 0. The number of nitrogens with zero attached hydrogens (tertiary/aromatic N) is 1. The van der Waals surface area contributed by atoms with E-state index in [1.54, 1.807) is 12.3 Å². The van der Waals surface area contributed by atoms with Crippen LogP contribution in [-0.2, 0) is 0 Å². The predicted molar refractivity (Wildman–Crippen MR) is 77.1 cm³/mol. The maximum atomic E-state index is 12.1. The van der Waals surface area contributed by atoms with E-state index in [1.807, 2.05) is 0 Å². The molecule has 1 aromatic carbocycles. The van der Waals surface area contributed by atoms with Crippen LogP contribution in [0, 0.1) is 17.0 Å². The van der Waals surface area contributed by atoms with E-state index in [-0.39, 0.29) is 21.8 Å². The summed E-state index contributed by atoms with van der Waals surface area (Å²) in [6, 6.07) is 5.26. The Bertz CT molecular complexity index is 738. The molecule has 2 aromatic rings. The molecule has 1 amide bonds. The molecule has 0 aliphatic carbocycles. The Kier molecular flexibility index (Phi) is 3.99. The van der Waals surface area contributed by atoms with Gasteiger partial charge in [-0.3, -0.25) is 14.9 Å². The number of carbonyl (C=O) groups is 2. The third-order valence-corrected chi connectivity index (χ3v) is 3.62. The molecule has 0 saturated carbocycles. The molecule has 0 fully saturated rings. The zero-order valence-corrected chi connectivity index (χ0v) is 11.6. The summed E-state index contributed by atoms with van der Waals surface area (Å²) in [6.45, 7) is 1.58. The summed E-state index contributed by atoms with van der Waals surface area (Å²) in [5, 5.41) is 23.9. The van der Waals surface area contributed by atoms with Crippen LogP contribution in [0.25, 0.3) is 0 Å². The van der Waals surface area contributed by atoms with E-state index >= 15 is 0 Å². The van der Waals surface area contributed by atoms with E-state index in [9.17, 15) is 19.7 Å². The van der Waals surface area contributed by atoms with Crippen LogP contribution in [0.2, 0.25) is 0 Å². The number of carboxylic acid groups (broad SMARTS) is 1.